The molecule has 4 heteroatoms. The number of hydrogen-bond acceptors (Lipinski definition) is 3. The van der Waals surface area contributed by atoms with E-state index in [0.717, 1.165) is 12.8 Å². The Morgan fingerprint density at radius 3 is 2.19 bits per heavy atom. The van der Waals surface area contributed by atoms with Gasteiger partial charge in [-0.05, 0) is 18.8 Å². The van der Waals surface area contributed by atoms with Gasteiger partial charge in [0.2, 0.25) is 5.91 Å². The fraction of sp³-hybridized carbons (Fsp3) is 0.917. The molecule has 0 heterocycles. The van der Waals surface area contributed by atoms with Crippen molar-refractivity contribution in [2.75, 3.05) is 13.2 Å². The number of rotatable bonds is 7. The summed E-state index contributed by atoms with van der Waals surface area (Å²) < 4.78 is 0. The van der Waals surface area contributed by atoms with E-state index in [4.69, 9.17) is 5.73 Å². The zero-order valence-corrected chi connectivity index (χ0v) is 10.9. The van der Waals surface area contributed by atoms with Crippen LogP contribution in [0.1, 0.15) is 40.5 Å². The summed E-state index contributed by atoms with van der Waals surface area (Å²) in [7, 11) is 0. The molecule has 4 N–H and O–H groups in total. The van der Waals surface area contributed by atoms with E-state index in [9.17, 15) is 9.90 Å². The highest BCUT2D eigenvalue weighted by Gasteiger charge is 2.27. The molecule has 0 saturated heterocycles. The lowest BCUT2D eigenvalue weighted by molar-refractivity contribution is -0.123. The van der Waals surface area contributed by atoms with Crippen LogP contribution >= 0.6 is 0 Å². The molecule has 0 aliphatic carbocycles. The number of nitrogens with one attached hydrogen (secondary N) is 1. The average Bonchev–Trinajstić information content (AvgIpc) is 2.30. The van der Waals surface area contributed by atoms with E-state index in [1.54, 1.807) is 0 Å². The molecule has 0 saturated carbocycles. The van der Waals surface area contributed by atoms with Crippen LogP contribution in [-0.2, 0) is 4.79 Å². The van der Waals surface area contributed by atoms with Crippen LogP contribution in [0.4, 0.5) is 0 Å². The highest BCUT2D eigenvalue weighted by atomic mass is 16.3. The first kappa shape index (κ1) is 15.4. The Morgan fingerprint density at radius 2 is 1.88 bits per heavy atom. The molecular formula is C12H26N2O2. The number of hydrogen-bond donors (Lipinski definition) is 3. The SMILES string of the molecule is CCC(CC)(CO)CNC(=O)[C@H](N)C(C)C. The third-order valence-corrected chi connectivity index (χ3v) is 3.49. The summed E-state index contributed by atoms with van der Waals surface area (Å²) in [6.45, 7) is 8.47. The van der Waals surface area contributed by atoms with Crippen LogP contribution in [0.15, 0.2) is 0 Å². The van der Waals surface area contributed by atoms with Gasteiger partial charge in [0, 0.05) is 12.0 Å². The number of carbonyl (C=O) groups is 1. The van der Waals surface area contributed by atoms with Crippen molar-refractivity contribution in [2.45, 2.75) is 46.6 Å². The fourth-order valence-electron chi connectivity index (χ4n) is 1.47. The molecular weight excluding hydrogens is 204 g/mol. The van der Waals surface area contributed by atoms with Gasteiger partial charge in [0.05, 0.1) is 12.6 Å². The fourth-order valence-corrected chi connectivity index (χ4v) is 1.47. The standard InChI is InChI=1S/C12H26N2O2/c1-5-12(6-2,8-15)7-14-11(16)10(13)9(3)4/h9-10,15H,5-8,13H2,1-4H3,(H,14,16)/t10-/m1/s1. The summed E-state index contributed by atoms with van der Waals surface area (Å²) in [6, 6.07) is -0.467. The quantitative estimate of drug-likeness (QED) is 0.608. The zero-order valence-electron chi connectivity index (χ0n) is 10.9. The Balaban J connectivity index is 4.26. The van der Waals surface area contributed by atoms with Gasteiger partial charge in [-0.1, -0.05) is 27.7 Å². The molecule has 0 aromatic rings. The summed E-state index contributed by atoms with van der Waals surface area (Å²) in [5.41, 5.74) is 5.54. The Morgan fingerprint density at radius 1 is 1.38 bits per heavy atom. The minimum Gasteiger partial charge on any atom is -0.396 e. The van der Waals surface area contributed by atoms with Crippen molar-refractivity contribution in [3.8, 4) is 0 Å². The second-order valence-corrected chi connectivity index (χ2v) is 4.85. The predicted octanol–water partition coefficient (Wildman–Crippen LogP) is 0.885. The Bertz CT molecular complexity index is 205. The van der Waals surface area contributed by atoms with Gasteiger partial charge in [0.15, 0.2) is 0 Å². The lowest BCUT2D eigenvalue weighted by atomic mass is 9.83. The molecule has 1 amide bonds. The van der Waals surface area contributed by atoms with Gasteiger partial charge in [-0.25, -0.2) is 0 Å². The first-order chi connectivity index (χ1) is 7.42. The molecule has 0 aromatic carbocycles. The summed E-state index contributed by atoms with van der Waals surface area (Å²) in [5, 5.41) is 12.2. The Labute approximate surface area is 98.6 Å². The zero-order chi connectivity index (χ0) is 12.8. The minimum absolute atomic E-state index is 0.0944. The molecule has 16 heavy (non-hydrogen) atoms. The second kappa shape index (κ2) is 6.86. The van der Waals surface area contributed by atoms with Gasteiger partial charge < -0.3 is 16.2 Å². The first-order valence-corrected chi connectivity index (χ1v) is 6.06. The monoisotopic (exact) mass is 230 g/mol. The molecule has 0 radical (unpaired) electrons. The predicted molar refractivity (Wildman–Crippen MR) is 65.9 cm³/mol. The van der Waals surface area contributed by atoms with Crippen molar-refractivity contribution in [2.24, 2.45) is 17.1 Å². The molecule has 0 aliphatic rings. The topological polar surface area (TPSA) is 75.3 Å². The van der Waals surface area contributed by atoms with E-state index < -0.39 is 6.04 Å². The lowest BCUT2D eigenvalue weighted by Gasteiger charge is -2.30. The Kier molecular flexibility index (Phi) is 6.60. The normalized spacial score (nSPS) is 13.9. The van der Waals surface area contributed by atoms with Crippen molar-refractivity contribution < 1.29 is 9.90 Å². The number of carbonyl (C=O) groups excluding carboxylic acids is 1. The maximum atomic E-state index is 11.7. The molecule has 0 aliphatic heterocycles. The van der Waals surface area contributed by atoms with Crippen LogP contribution in [0.5, 0.6) is 0 Å². The molecule has 1 atom stereocenters. The van der Waals surface area contributed by atoms with E-state index in [1.165, 1.54) is 0 Å². The Hall–Kier alpha value is -0.610. The van der Waals surface area contributed by atoms with Crippen molar-refractivity contribution in [1.82, 2.24) is 5.32 Å². The van der Waals surface area contributed by atoms with Crippen LogP contribution in [-0.4, -0.2) is 30.2 Å². The molecule has 96 valence electrons. The number of amides is 1. The second-order valence-electron chi connectivity index (χ2n) is 4.85. The maximum Gasteiger partial charge on any atom is 0.237 e. The van der Waals surface area contributed by atoms with Crippen LogP contribution in [0.2, 0.25) is 0 Å². The van der Waals surface area contributed by atoms with Crippen LogP contribution < -0.4 is 11.1 Å². The number of aliphatic hydroxyl groups is 1. The molecule has 0 rings (SSSR count). The maximum absolute atomic E-state index is 11.7. The number of aliphatic hydroxyl groups excluding tert-OH is 1. The highest BCUT2D eigenvalue weighted by molar-refractivity contribution is 5.81. The van der Waals surface area contributed by atoms with E-state index in [2.05, 4.69) is 5.32 Å². The van der Waals surface area contributed by atoms with Crippen LogP contribution in [0.3, 0.4) is 0 Å². The average molecular weight is 230 g/mol. The van der Waals surface area contributed by atoms with E-state index in [-0.39, 0.29) is 23.8 Å². The largest absolute Gasteiger partial charge is 0.396 e. The van der Waals surface area contributed by atoms with E-state index in [0.29, 0.717) is 6.54 Å². The van der Waals surface area contributed by atoms with Gasteiger partial charge in [-0.15, -0.1) is 0 Å². The summed E-state index contributed by atoms with van der Waals surface area (Å²) in [6.07, 6.45) is 1.69. The molecule has 4 nitrogen and oxygen atoms in total. The summed E-state index contributed by atoms with van der Waals surface area (Å²) >= 11 is 0. The van der Waals surface area contributed by atoms with Crippen molar-refractivity contribution in [1.29, 1.82) is 0 Å². The smallest absolute Gasteiger partial charge is 0.237 e. The van der Waals surface area contributed by atoms with Gasteiger partial charge in [0.25, 0.3) is 0 Å². The molecule has 0 spiro atoms. The third-order valence-electron chi connectivity index (χ3n) is 3.49. The van der Waals surface area contributed by atoms with Gasteiger partial charge in [-0.2, -0.15) is 0 Å². The molecule has 0 bridgehead atoms. The van der Waals surface area contributed by atoms with Gasteiger partial charge in [0.1, 0.15) is 0 Å². The van der Waals surface area contributed by atoms with Crippen molar-refractivity contribution in [3.63, 3.8) is 0 Å². The minimum atomic E-state index is -0.467. The van der Waals surface area contributed by atoms with Crippen molar-refractivity contribution >= 4 is 5.91 Å². The molecule has 0 fully saturated rings. The summed E-state index contributed by atoms with van der Waals surface area (Å²) in [5.74, 6) is 0.00139. The first-order valence-electron chi connectivity index (χ1n) is 6.06. The molecule has 0 aromatic heterocycles. The number of nitrogens with two attached hydrogens (primary N) is 1. The lowest BCUT2D eigenvalue weighted by Crippen LogP contribution is -2.48. The van der Waals surface area contributed by atoms with E-state index >= 15 is 0 Å². The summed E-state index contributed by atoms with van der Waals surface area (Å²) in [4.78, 5) is 11.7. The highest BCUT2D eigenvalue weighted by Crippen LogP contribution is 2.24. The van der Waals surface area contributed by atoms with Crippen molar-refractivity contribution in [3.05, 3.63) is 0 Å². The van der Waals surface area contributed by atoms with E-state index in [1.807, 2.05) is 27.7 Å². The molecule has 0 unspecified atom stereocenters. The van der Waals surface area contributed by atoms with Crippen LogP contribution in [0.25, 0.3) is 0 Å². The van der Waals surface area contributed by atoms with Gasteiger partial charge >= 0.3 is 0 Å². The van der Waals surface area contributed by atoms with Crippen LogP contribution in [0, 0.1) is 11.3 Å². The van der Waals surface area contributed by atoms with Gasteiger partial charge in [-0.3, -0.25) is 4.79 Å². The third kappa shape index (κ3) is 4.10.